The molecular formula is C16H32O2. The van der Waals surface area contributed by atoms with Gasteiger partial charge in [0, 0.05) is 12.8 Å². The van der Waals surface area contributed by atoms with E-state index in [1.165, 1.54) is 38.5 Å². The quantitative estimate of drug-likeness (QED) is 0.537. The van der Waals surface area contributed by atoms with Crippen molar-refractivity contribution >= 4 is 0 Å². The summed E-state index contributed by atoms with van der Waals surface area (Å²) in [6.45, 7) is 6.26. The van der Waals surface area contributed by atoms with E-state index in [4.69, 9.17) is 9.47 Å². The molecule has 1 saturated heterocycles. The maximum Gasteiger partial charge on any atom is 0.168 e. The van der Waals surface area contributed by atoms with E-state index in [-0.39, 0.29) is 5.79 Å². The van der Waals surface area contributed by atoms with Gasteiger partial charge >= 0.3 is 0 Å². The molecule has 1 aliphatic rings. The third-order valence-electron chi connectivity index (χ3n) is 3.81. The Balaban J connectivity index is 2.23. The van der Waals surface area contributed by atoms with Crippen molar-refractivity contribution in [1.29, 1.82) is 0 Å². The first kappa shape index (κ1) is 16.0. The van der Waals surface area contributed by atoms with Gasteiger partial charge in [-0.3, -0.25) is 0 Å². The van der Waals surface area contributed by atoms with Gasteiger partial charge in [-0.25, -0.2) is 0 Å². The van der Waals surface area contributed by atoms with E-state index < -0.39 is 0 Å². The molecule has 0 aromatic heterocycles. The largest absolute Gasteiger partial charge is 0.350 e. The van der Waals surface area contributed by atoms with E-state index in [0.29, 0.717) is 0 Å². The van der Waals surface area contributed by atoms with Crippen molar-refractivity contribution < 1.29 is 9.47 Å². The second-order valence-corrected chi connectivity index (χ2v) is 5.58. The third kappa shape index (κ3) is 6.19. The van der Waals surface area contributed by atoms with Crippen LogP contribution in [0.3, 0.4) is 0 Å². The van der Waals surface area contributed by atoms with Crippen molar-refractivity contribution in [3.8, 4) is 0 Å². The lowest BCUT2D eigenvalue weighted by atomic mass is 10.0. The molecule has 0 radical (unpaired) electrons. The van der Waals surface area contributed by atoms with Crippen LogP contribution in [0.25, 0.3) is 0 Å². The van der Waals surface area contributed by atoms with Gasteiger partial charge in [0.25, 0.3) is 0 Å². The fourth-order valence-corrected chi connectivity index (χ4v) is 2.73. The van der Waals surface area contributed by atoms with Crippen LogP contribution in [-0.4, -0.2) is 19.0 Å². The molecule has 0 atom stereocenters. The zero-order chi connectivity index (χ0) is 13.1. The van der Waals surface area contributed by atoms with Crippen LogP contribution in [-0.2, 0) is 9.47 Å². The molecule has 0 aliphatic carbocycles. The third-order valence-corrected chi connectivity index (χ3v) is 3.81. The molecule has 2 nitrogen and oxygen atoms in total. The van der Waals surface area contributed by atoms with Crippen molar-refractivity contribution in [2.75, 3.05) is 13.2 Å². The minimum absolute atomic E-state index is 0.240. The van der Waals surface area contributed by atoms with Crippen LogP contribution in [0.1, 0.15) is 84.5 Å². The van der Waals surface area contributed by atoms with E-state index >= 15 is 0 Å². The van der Waals surface area contributed by atoms with Gasteiger partial charge in [0.2, 0.25) is 0 Å². The Hall–Kier alpha value is -0.0800. The highest BCUT2D eigenvalue weighted by atomic mass is 16.7. The first-order valence-corrected chi connectivity index (χ1v) is 8.11. The fraction of sp³-hybridized carbons (Fsp3) is 1.00. The van der Waals surface area contributed by atoms with E-state index in [1.54, 1.807) is 0 Å². The summed E-state index contributed by atoms with van der Waals surface area (Å²) in [5.74, 6) is -0.240. The molecular weight excluding hydrogens is 224 g/mol. The molecule has 1 rings (SSSR count). The lowest BCUT2D eigenvalue weighted by Crippen LogP contribution is -2.35. The average Bonchev–Trinajstić information content (AvgIpc) is 2.60. The van der Waals surface area contributed by atoms with Crippen LogP contribution in [0.5, 0.6) is 0 Å². The molecule has 0 aromatic rings. The molecule has 0 aromatic carbocycles. The highest BCUT2D eigenvalue weighted by Gasteiger charge is 2.31. The summed E-state index contributed by atoms with van der Waals surface area (Å²) in [6.07, 6.45) is 13.7. The minimum atomic E-state index is -0.240. The molecule has 0 saturated carbocycles. The molecule has 0 bridgehead atoms. The normalized spacial score (nSPS) is 19.7. The van der Waals surface area contributed by atoms with Crippen molar-refractivity contribution in [3.05, 3.63) is 0 Å². The van der Waals surface area contributed by atoms with Crippen LogP contribution < -0.4 is 0 Å². The summed E-state index contributed by atoms with van der Waals surface area (Å²) in [5, 5.41) is 0. The van der Waals surface area contributed by atoms with Crippen LogP contribution in [0.2, 0.25) is 0 Å². The van der Waals surface area contributed by atoms with E-state index in [9.17, 15) is 0 Å². The number of hydrogen-bond donors (Lipinski definition) is 0. The lowest BCUT2D eigenvalue weighted by molar-refractivity contribution is -0.234. The van der Waals surface area contributed by atoms with E-state index in [0.717, 1.165) is 45.3 Å². The van der Waals surface area contributed by atoms with Crippen molar-refractivity contribution in [2.45, 2.75) is 90.3 Å². The van der Waals surface area contributed by atoms with Crippen molar-refractivity contribution in [3.63, 3.8) is 0 Å². The minimum Gasteiger partial charge on any atom is -0.350 e. The molecule has 18 heavy (non-hydrogen) atoms. The number of hydrogen-bond acceptors (Lipinski definition) is 2. The van der Waals surface area contributed by atoms with Gasteiger partial charge in [-0.15, -0.1) is 0 Å². The number of rotatable bonds is 9. The van der Waals surface area contributed by atoms with Crippen LogP contribution in [0.4, 0.5) is 0 Å². The molecule has 1 aliphatic heterocycles. The molecule has 1 fully saturated rings. The maximum atomic E-state index is 6.04. The molecule has 108 valence electrons. The Kier molecular flexibility index (Phi) is 8.70. The second-order valence-electron chi connectivity index (χ2n) is 5.58. The van der Waals surface area contributed by atoms with Crippen LogP contribution >= 0.6 is 0 Å². The molecule has 2 heteroatoms. The summed E-state index contributed by atoms with van der Waals surface area (Å²) in [4.78, 5) is 0. The van der Waals surface area contributed by atoms with Gasteiger partial charge in [-0.2, -0.15) is 0 Å². The summed E-state index contributed by atoms with van der Waals surface area (Å²) in [7, 11) is 0. The van der Waals surface area contributed by atoms with Crippen molar-refractivity contribution in [2.24, 2.45) is 0 Å². The Morgan fingerprint density at radius 2 is 1.33 bits per heavy atom. The molecule has 0 amide bonds. The van der Waals surface area contributed by atoms with Crippen LogP contribution in [0.15, 0.2) is 0 Å². The topological polar surface area (TPSA) is 18.5 Å². The Bertz CT molecular complexity index is 184. The van der Waals surface area contributed by atoms with Gasteiger partial charge in [0.15, 0.2) is 5.79 Å². The van der Waals surface area contributed by atoms with Gasteiger partial charge in [-0.05, 0) is 19.3 Å². The van der Waals surface area contributed by atoms with Gasteiger partial charge in [0.05, 0.1) is 13.2 Å². The SMILES string of the molecule is CCCCCCCCC1(CCC)OCCCCO1. The molecule has 0 N–H and O–H groups in total. The second kappa shape index (κ2) is 9.80. The summed E-state index contributed by atoms with van der Waals surface area (Å²) < 4.78 is 12.1. The summed E-state index contributed by atoms with van der Waals surface area (Å²) >= 11 is 0. The van der Waals surface area contributed by atoms with Crippen LogP contribution in [0, 0.1) is 0 Å². The van der Waals surface area contributed by atoms with Crippen molar-refractivity contribution in [1.82, 2.24) is 0 Å². The number of ether oxygens (including phenoxy) is 2. The predicted molar refractivity (Wildman–Crippen MR) is 76.8 cm³/mol. The predicted octanol–water partition coefficient (Wildman–Crippen LogP) is 5.06. The highest BCUT2D eigenvalue weighted by Crippen LogP contribution is 2.29. The standard InChI is InChI=1S/C16H32O2/c1-3-5-6-7-8-9-13-16(12-4-2)17-14-10-11-15-18-16/h3-15H2,1-2H3. The summed E-state index contributed by atoms with van der Waals surface area (Å²) in [6, 6.07) is 0. The van der Waals surface area contributed by atoms with E-state index in [2.05, 4.69) is 13.8 Å². The summed E-state index contributed by atoms with van der Waals surface area (Å²) in [5.41, 5.74) is 0. The molecule has 1 heterocycles. The van der Waals surface area contributed by atoms with E-state index in [1.807, 2.05) is 0 Å². The Labute approximate surface area is 113 Å². The smallest absolute Gasteiger partial charge is 0.168 e. The lowest BCUT2D eigenvalue weighted by Gasteiger charge is -2.32. The maximum absolute atomic E-state index is 6.04. The Morgan fingerprint density at radius 1 is 0.722 bits per heavy atom. The zero-order valence-electron chi connectivity index (χ0n) is 12.5. The molecule has 0 unspecified atom stereocenters. The zero-order valence-corrected chi connectivity index (χ0v) is 12.5. The fourth-order valence-electron chi connectivity index (χ4n) is 2.73. The first-order chi connectivity index (χ1) is 8.83. The highest BCUT2D eigenvalue weighted by molar-refractivity contribution is 4.72. The Morgan fingerprint density at radius 3 is 1.94 bits per heavy atom. The number of unbranched alkanes of at least 4 members (excludes halogenated alkanes) is 5. The van der Waals surface area contributed by atoms with Gasteiger partial charge in [-0.1, -0.05) is 52.4 Å². The first-order valence-electron chi connectivity index (χ1n) is 8.11. The monoisotopic (exact) mass is 256 g/mol. The van der Waals surface area contributed by atoms with Gasteiger partial charge < -0.3 is 9.47 Å². The van der Waals surface area contributed by atoms with Gasteiger partial charge in [0.1, 0.15) is 0 Å². The molecule has 0 spiro atoms. The average molecular weight is 256 g/mol.